The van der Waals surface area contributed by atoms with Gasteiger partial charge in [-0.1, -0.05) is 12.1 Å². The van der Waals surface area contributed by atoms with Crippen molar-refractivity contribution in [2.45, 2.75) is 25.8 Å². The second kappa shape index (κ2) is 9.24. The molecule has 1 amide bonds. The lowest BCUT2D eigenvalue weighted by Crippen LogP contribution is -3.16. The molecule has 0 unspecified atom stereocenters. The number of nitrogens with zero attached hydrogens (tertiary/aromatic N) is 1. The molecule has 144 valence electrons. The molecule has 6 heteroatoms. The fraction of sp³-hybridized carbons (Fsp3) is 0.650. The molecule has 3 rings (SSSR count). The lowest BCUT2D eigenvalue weighted by Gasteiger charge is -2.34. The van der Waals surface area contributed by atoms with E-state index in [9.17, 15) is 4.79 Å². The van der Waals surface area contributed by atoms with Gasteiger partial charge in [-0.25, -0.2) is 0 Å². The largest absolute Gasteiger partial charge is 0.495 e. The number of likely N-dealkylation sites (tertiary alicyclic amines) is 1. The molecule has 2 aliphatic rings. The van der Waals surface area contributed by atoms with Gasteiger partial charge in [-0.15, -0.1) is 0 Å². The average Bonchev–Trinajstić information content (AvgIpc) is 2.69. The standard InChI is InChI=1S/C20H32N4O2/c1-3-22-10-8-17(9-11-22)21-20(25)16-23-12-14-24(15-13-23)18-6-4-5-7-19(18)26-2/h4-7,17H,3,8-16H2,1-2H3,(H,21,25)/p+2. The van der Waals surface area contributed by atoms with E-state index in [1.54, 1.807) is 12.0 Å². The van der Waals surface area contributed by atoms with Crippen molar-refractivity contribution in [2.24, 2.45) is 0 Å². The van der Waals surface area contributed by atoms with E-state index in [1.165, 1.54) is 24.5 Å². The maximum absolute atomic E-state index is 12.4. The number of hydrogen-bond donors (Lipinski definition) is 3. The summed E-state index contributed by atoms with van der Waals surface area (Å²) in [6.07, 6.45) is 2.23. The molecule has 0 atom stereocenters. The van der Waals surface area contributed by atoms with E-state index in [4.69, 9.17) is 4.74 Å². The molecule has 0 bridgehead atoms. The predicted molar refractivity (Wildman–Crippen MR) is 103 cm³/mol. The maximum Gasteiger partial charge on any atom is 0.275 e. The van der Waals surface area contributed by atoms with Crippen LogP contribution in [0.4, 0.5) is 5.69 Å². The van der Waals surface area contributed by atoms with E-state index in [0.29, 0.717) is 12.6 Å². The highest BCUT2D eigenvalue weighted by atomic mass is 16.5. The zero-order valence-corrected chi connectivity index (χ0v) is 16.2. The SMILES string of the molecule is CC[NH+]1CCC(NC(=O)C[NH+]2CCN(c3ccccc3OC)CC2)CC1. The van der Waals surface area contributed by atoms with Crippen LogP contribution < -0.4 is 24.8 Å². The number of piperazine rings is 1. The van der Waals surface area contributed by atoms with Gasteiger partial charge in [0.25, 0.3) is 5.91 Å². The highest BCUT2D eigenvalue weighted by molar-refractivity contribution is 5.77. The van der Waals surface area contributed by atoms with Crippen LogP contribution in [-0.4, -0.2) is 71.4 Å². The Labute approximate surface area is 157 Å². The summed E-state index contributed by atoms with van der Waals surface area (Å²) in [5, 5.41) is 3.27. The quantitative estimate of drug-likeness (QED) is 0.583. The number of hydrogen-bond acceptors (Lipinski definition) is 3. The molecular formula is C20H34N4O2+2. The Balaban J connectivity index is 1.42. The molecule has 0 radical (unpaired) electrons. The highest BCUT2D eigenvalue weighted by Crippen LogP contribution is 2.27. The Morgan fingerprint density at radius 2 is 1.85 bits per heavy atom. The molecule has 1 aromatic rings. The van der Waals surface area contributed by atoms with Crippen LogP contribution in [0.15, 0.2) is 24.3 Å². The number of rotatable bonds is 6. The number of carbonyl (C=O) groups excluding carboxylic acids is 1. The minimum Gasteiger partial charge on any atom is -0.495 e. The molecule has 0 aliphatic carbocycles. The molecule has 6 nitrogen and oxygen atoms in total. The lowest BCUT2D eigenvalue weighted by molar-refractivity contribution is -0.903. The fourth-order valence-electron chi connectivity index (χ4n) is 4.16. The Bertz CT molecular complexity index is 579. The third-order valence-electron chi connectivity index (χ3n) is 5.86. The Kier molecular flexibility index (Phi) is 6.74. The van der Waals surface area contributed by atoms with E-state index in [-0.39, 0.29) is 5.91 Å². The van der Waals surface area contributed by atoms with Crippen LogP contribution in [0.2, 0.25) is 0 Å². The van der Waals surface area contributed by atoms with Crippen molar-refractivity contribution in [1.82, 2.24) is 5.32 Å². The smallest absolute Gasteiger partial charge is 0.275 e. The maximum atomic E-state index is 12.4. The van der Waals surface area contributed by atoms with Gasteiger partial charge in [-0.3, -0.25) is 4.79 Å². The van der Waals surface area contributed by atoms with Crippen molar-refractivity contribution >= 4 is 11.6 Å². The van der Waals surface area contributed by atoms with Gasteiger partial charge < -0.3 is 24.8 Å². The van der Waals surface area contributed by atoms with Gasteiger partial charge >= 0.3 is 0 Å². The first kappa shape index (κ1) is 19.0. The van der Waals surface area contributed by atoms with Gasteiger partial charge in [0.2, 0.25) is 0 Å². The third-order valence-corrected chi connectivity index (χ3v) is 5.86. The van der Waals surface area contributed by atoms with Gasteiger partial charge in [0, 0.05) is 18.9 Å². The summed E-state index contributed by atoms with van der Waals surface area (Å²) in [7, 11) is 1.72. The minimum absolute atomic E-state index is 0.218. The second-order valence-corrected chi connectivity index (χ2v) is 7.53. The number of methoxy groups -OCH3 is 1. The zero-order valence-electron chi connectivity index (χ0n) is 16.2. The summed E-state index contributed by atoms with van der Waals surface area (Å²) < 4.78 is 5.48. The van der Waals surface area contributed by atoms with Crippen molar-refractivity contribution in [3.8, 4) is 5.75 Å². The predicted octanol–water partition coefficient (Wildman–Crippen LogP) is -1.42. The first-order chi connectivity index (χ1) is 12.7. The van der Waals surface area contributed by atoms with Gasteiger partial charge in [0.1, 0.15) is 5.75 Å². The van der Waals surface area contributed by atoms with Gasteiger partial charge in [-0.2, -0.15) is 0 Å². The number of para-hydroxylation sites is 2. The van der Waals surface area contributed by atoms with Crippen LogP contribution in [0.25, 0.3) is 0 Å². The summed E-state index contributed by atoms with van der Waals surface area (Å²) in [5.74, 6) is 1.14. The third kappa shape index (κ3) is 4.89. The van der Waals surface area contributed by atoms with Crippen molar-refractivity contribution in [1.29, 1.82) is 0 Å². The van der Waals surface area contributed by atoms with E-state index in [2.05, 4.69) is 29.3 Å². The van der Waals surface area contributed by atoms with Gasteiger partial charge in [-0.05, 0) is 19.1 Å². The number of quaternary nitrogens is 2. The fourth-order valence-corrected chi connectivity index (χ4v) is 4.16. The summed E-state index contributed by atoms with van der Waals surface area (Å²) >= 11 is 0. The molecule has 0 spiro atoms. The monoisotopic (exact) mass is 362 g/mol. The second-order valence-electron chi connectivity index (χ2n) is 7.53. The number of benzene rings is 1. The Hall–Kier alpha value is -1.79. The van der Waals surface area contributed by atoms with E-state index < -0.39 is 0 Å². The molecular weight excluding hydrogens is 328 g/mol. The van der Waals surface area contributed by atoms with Crippen LogP contribution in [0.5, 0.6) is 5.75 Å². The highest BCUT2D eigenvalue weighted by Gasteiger charge is 2.26. The van der Waals surface area contributed by atoms with Crippen LogP contribution in [0.1, 0.15) is 19.8 Å². The molecule has 2 fully saturated rings. The molecule has 2 saturated heterocycles. The molecule has 3 N–H and O–H groups in total. The average molecular weight is 363 g/mol. The van der Waals surface area contributed by atoms with Crippen molar-refractivity contribution < 1.29 is 19.3 Å². The molecule has 0 saturated carbocycles. The van der Waals surface area contributed by atoms with Crippen LogP contribution >= 0.6 is 0 Å². The lowest BCUT2D eigenvalue weighted by atomic mass is 10.1. The number of piperidine rings is 1. The first-order valence-electron chi connectivity index (χ1n) is 10.0. The number of ether oxygens (including phenoxy) is 1. The normalized spacial score (nSPS) is 24.3. The van der Waals surface area contributed by atoms with Crippen LogP contribution in [0, 0.1) is 0 Å². The summed E-state index contributed by atoms with van der Waals surface area (Å²) in [6.45, 7) is 10.3. The topological polar surface area (TPSA) is 50.5 Å². The number of anilines is 1. The molecule has 2 heterocycles. The molecule has 1 aromatic carbocycles. The summed E-state index contributed by atoms with van der Waals surface area (Å²) in [6, 6.07) is 8.55. The van der Waals surface area contributed by atoms with Crippen LogP contribution in [0.3, 0.4) is 0 Å². The van der Waals surface area contributed by atoms with E-state index in [0.717, 1.165) is 50.5 Å². The zero-order chi connectivity index (χ0) is 18.4. The van der Waals surface area contributed by atoms with E-state index in [1.807, 2.05) is 12.1 Å². The minimum atomic E-state index is 0.218. The molecule has 26 heavy (non-hydrogen) atoms. The molecule has 0 aromatic heterocycles. The number of carbonyl (C=O) groups is 1. The van der Waals surface area contributed by atoms with Crippen molar-refractivity contribution in [3.63, 3.8) is 0 Å². The van der Waals surface area contributed by atoms with Crippen molar-refractivity contribution in [2.75, 3.05) is 64.4 Å². The summed E-state index contributed by atoms with van der Waals surface area (Å²) in [5.41, 5.74) is 1.16. The Morgan fingerprint density at radius 1 is 1.15 bits per heavy atom. The number of nitrogens with one attached hydrogen (secondary N) is 3. The first-order valence-corrected chi connectivity index (χ1v) is 10.0. The molecule has 2 aliphatic heterocycles. The van der Waals surface area contributed by atoms with Crippen molar-refractivity contribution in [3.05, 3.63) is 24.3 Å². The van der Waals surface area contributed by atoms with Gasteiger partial charge in [0.05, 0.1) is 58.6 Å². The van der Waals surface area contributed by atoms with Gasteiger partial charge in [0.15, 0.2) is 6.54 Å². The summed E-state index contributed by atoms with van der Waals surface area (Å²) in [4.78, 5) is 17.8. The van der Waals surface area contributed by atoms with Crippen LogP contribution in [-0.2, 0) is 4.79 Å². The van der Waals surface area contributed by atoms with E-state index >= 15 is 0 Å². The number of amides is 1. The Morgan fingerprint density at radius 3 is 2.50 bits per heavy atom.